The summed E-state index contributed by atoms with van der Waals surface area (Å²) in [6.07, 6.45) is -0.0496. The fourth-order valence-electron chi connectivity index (χ4n) is 2.09. The molecule has 1 aliphatic rings. The van der Waals surface area contributed by atoms with E-state index in [1.807, 2.05) is 7.05 Å². The first-order valence-electron chi connectivity index (χ1n) is 6.31. The number of anilines is 1. The molecular formula is C13H17F2N3OS. The molecule has 110 valence electrons. The Bertz CT molecular complexity index is 513. The molecule has 0 radical (unpaired) electrons. The van der Waals surface area contributed by atoms with E-state index >= 15 is 0 Å². The van der Waals surface area contributed by atoms with Crippen molar-refractivity contribution in [1.29, 1.82) is 0 Å². The molecule has 0 aliphatic carbocycles. The highest BCUT2D eigenvalue weighted by molar-refractivity contribution is 7.80. The Labute approximate surface area is 121 Å². The Balaban J connectivity index is 2.03. The standard InChI is InChI=1S/C13H17F2N3OS/c1-18-4-5-19-8(7-18)6-17-10-3-2-9(13(16)20)11(14)12(10)15/h2-3,8,17H,4-7H2,1H3,(H2,16,20). The topological polar surface area (TPSA) is 50.5 Å². The van der Waals surface area contributed by atoms with Gasteiger partial charge in [0.1, 0.15) is 4.99 Å². The lowest BCUT2D eigenvalue weighted by atomic mass is 10.1. The van der Waals surface area contributed by atoms with Crippen LogP contribution in [0.2, 0.25) is 0 Å². The molecule has 0 bridgehead atoms. The van der Waals surface area contributed by atoms with Gasteiger partial charge in [-0.1, -0.05) is 12.2 Å². The van der Waals surface area contributed by atoms with Gasteiger partial charge in [-0.2, -0.15) is 0 Å². The molecule has 0 aromatic heterocycles. The zero-order valence-corrected chi connectivity index (χ0v) is 12.0. The van der Waals surface area contributed by atoms with Crippen LogP contribution >= 0.6 is 12.2 Å². The second-order valence-corrected chi connectivity index (χ2v) is 5.23. The van der Waals surface area contributed by atoms with E-state index in [4.69, 9.17) is 10.5 Å². The number of benzene rings is 1. The highest BCUT2D eigenvalue weighted by Gasteiger charge is 2.19. The van der Waals surface area contributed by atoms with Gasteiger partial charge in [-0.05, 0) is 19.2 Å². The van der Waals surface area contributed by atoms with Crippen LogP contribution in [-0.4, -0.2) is 49.3 Å². The Hall–Kier alpha value is -1.31. The third-order valence-corrected chi connectivity index (χ3v) is 3.43. The molecule has 1 saturated heterocycles. The molecule has 7 heteroatoms. The number of thiocarbonyl (C=S) groups is 1. The van der Waals surface area contributed by atoms with E-state index in [2.05, 4.69) is 22.4 Å². The monoisotopic (exact) mass is 301 g/mol. The first-order chi connectivity index (χ1) is 9.49. The largest absolute Gasteiger partial charge is 0.389 e. The van der Waals surface area contributed by atoms with E-state index in [-0.39, 0.29) is 22.3 Å². The van der Waals surface area contributed by atoms with Crippen LogP contribution in [-0.2, 0) is 4.74 Å². The number of hydrogen-bond donors (Lipinski definition) is 2. The van der Waals surface area contributed by atoms with Crippen LogP contribution in [0.3, 0.4) is 0 Å². The molecule has 3 N–H and O–H groups in total. The number of morpholine rings is 1. The number of halogens is 2. The quantitative estimate of drug-likeness (QED) is 0.822. The summed E-state index contributed by atoms with van der Waals surface area (Å²) in [5.41, 5.74) is 5.31. The van der Waals surface area contributed by atoms with Crippen LogP contribution < -0.4 is 11.1 Å². The van der Waals surface area contributed by atoms with Crippen LogP contribution in [0, 0.1) is 11.6 Å². The van der Waals surface area contributed by atoms with Gasteiger partial charge in [0.15, 0.2) is 11.6 Å². The van der Waals surface area contributed by atoms with Crippen molar-refractivity contribution in [2.75, 3.05) is 38.6 Å². The lowest BCUT2D eigenvalue weighted by Gasteiger charge is -2.30. The van der Waals surface area contributed by atoms with Gasteiger partial charge in [0.25, 0.3) is 0 Å². The molecule has 4 nitrogen and oxygen atoms in total. The minimum Gasteiger partial charge on any atom is -0.389 e. The van der Waals surface area contributed by atoms with E-state index in [0.29, 0.717) is 13.2 Å². The van der Waals surface area contributed by atoms with Gasteiger partial charge in [0.05, 0.1) is 18.4 Å². The summed E-state index contributed by atoms with van der Waals surface area (Å²) >= 11 is 4.66. The van der Waals surface area contributed by atoms with Crippen LogP contribution in [0.25, 0.3) is 0 Å². The molecule has 0 saturated carbocycles. The Kier molecular flexibility index (Phi) is 4.85. The predicted octanol–water partition coefficient (Wildman–Crippen LogP) is 1.34. The van der Waals surface area contributed by atoms with Crippen molar-refractivity contribution >= 4 is 22.9 Å². The van der Waals surface area contributed by atoms with E-state index in [1.54, 1.807) is 0 Å². The second-order valence-electron chi connectivity index (χ2n) is 4.79. The van der Waals surface area contributed by atoms with Crippen molar-refractivity contribution in [2.45, 2.75) is 6.10 Å². The summed E-state index contributed by atoms with van der Waals surface area (Å²) in [7, 11) is 1.99. The summed E-state index contributed by atoms with van der Waals surface area (Å²) in [5.74, 6) is -2.00. The highest BCUT2D eigenvalue weighted by atomic mass is 32.1. The van der Waals surface area contributed by atoms with Gasteiger partial charge < -0.3 is 20.7 Å². The maximum Gasteiger partial charge on any atom is 0.182 e. The van der Waals surface area contributed by atoms with Crippen molar-refractivity contribution in [3.8, 4) is 0 Å². The fraction of sp³-hybridized carbons (Fsp3) is 0.462. The molecule has 2 rings (SSSR count). The van der Waals surface area contributed by atoms with E-state index in [0.717, 1.165) is 13.1 Å². The summed E-state index contributed by atoms with van der Waals surface area (Å²) in [6.45, 7) is 2.68. The van der Waals surface area contributed by atoms with Crippen LogP contribution in [0.1, 0.15) is 5.56 Å². The van der Waals surface area contributed by atoms with Crippen molar-refractivity contribution in [2.24, 2.45) is 5.73 Å². The average molecular weight is 301 g/mol. The number of nitrogens with one attached hydrogen (secondary N) is 1. The summed E-state index contributed by atoms with van der Waals surface area (Å²) in [6, 6.07) is 2.80. The predicted molar refractivity (Wildman–Crippen MR) is 78.0 cm³/mol. The number of rotatable bonds is 4. The second kappa shape index (κ2) is 6.43. The number of hydrogen-bond acceptors (Lipinski definition) is 4. The first kappa shape index (κ1) is 15.1. The molecule has 20 heavy (non-hydrogen) atoms. The van der Waals surface area contributed by atoms with E-state index in [9.17, 15) is 8.78 Å². The zero-order valence-electron chi connectivity index (χ0n) is 11.2. The Morgan fingerprint density at radius 1 is 1.50 bits per heavy atom. The molecule has 1 aliphatic heterocycles. The van der Waals surface area contributed by atoms with Gasteiger partial charge in [0.2, 0.25) is 0 Å². The van der Waals surface area contributed by atoms with E-state index < -0.39 is 11.6 Å². The van der Waals surface area contributed by atoms with Gasteiger partial charge in [0, 0.05) is 25.2 Å². The molecular weight excluding hydrogens is 284 g/mol. The highest BCUT2D eigenvalue weighted by Crippen LogP contribution is 2.21. The number of likely N-dealkylation sites (N-methyl/N-ethyl adjacent to an activating group) is 1. The van der Waals surface area contributed by atoms with Gasteiger partial charge in [-0.25, -0.2) is 8.78 Å². The maximum atomic E-state index is 13.8. The smallest absolute Gasteiger partial charge is 0.182 e. The maximum absolute atomic E-state index is 13.8. The van der Waals surface area contributed by atoms with E-state index in [1.165, 1.54) is 12.1 Å². The number of ether oxygens (including phenoxy) is 1. The van der Waals surface area contributed by atoms with Crippen molar-refractivity contribution in [1.82, 2.24) is 4.90 Å². The summed E-state index contributed by atoms with van der Waals surface area (Å²) in [4.78, 5) is 1.97. The summed E-state index contributed by atoms with van der Waals surface area (Å²) < 4.78 is 33.1. The Morgan fingerprint density at radius 2 is 2.25 bits per heavy atom. The lowest BCUT2D eigenvalue weighted by molar-refractivity contribution is -0.0117. The zero-order chi connectivity index (χ0) is 14.7. The van der Waals surface area contributed by atoms with Crippen LogP contribution in [0.15, 0.2) is 12.1 Å². The minimum absolute atomic E-state index is 0.0496. The van der Waals surface area contributed by atoms with Crippen molar-refractivity contribution in [3.05, 3.63) is 29.3 Å². The third-order valence-electron chi connectivity index (χ3n) is 3.21. The van der Waals surface area contributed by atoms with Crippen molar-refractivity contribution < 1.29 is 13.5 Å². The van der Waals surface area contributed by atoms with Gasteiger partial charge in [-0.3, -0.25) is 0 Å². The third kappa shape index (κ3) is 3.41. The molecule has 1 fully saturated rings. The summed E-state index contributed by atoms with van der Waals surface area (Å²) in [5, 5.41) is 2.86. The average Bonchev–Trinajstić information content (AvgIpc) is 2.40. The minimum atomic E-state index is -1.02. The van der Waals surface area contributed by atoms with Gasteiger partial charge in [-0.15, -0.1) is 0 Å². The number of nitrogens with two attached hydrogens (primary N) is 1. The lowest BCUT2D eigenvalue weighted by Crippen LogP contribution is -2.43. The van der Waals surface area contributed by atoms with Crippen LogP contribution in [0.5, 0.6) is 0 Å². The fourth-order valence-corrected chi connectivity index (χ4v) is 2.25. The first-order valence-corrected chi connectivity index (χ1v) is 6.71. The molecule has 1 heterocycles. The SMILES string of the molecule is CN1CCOC(CNc2ccc(C(N)=S)c(F)c2F)C1. The Morgan fingerprint density at radius 3 is 2.90 bits per heavy atom. The molecule has 1 aromatic carbocycles. The molecule has 1 atom stereocenters. The normalized spacial score (nSPS) is 19.9. The molecule has 1 aromatic rings. The molecule has 0 amide bonds. The van der Waals surface area contributed by atoms with Gasteiger partial charge >= 0.3 is 0 Å². The molecule has 0 spiro atoms. The van der Waals surface area contributed by atoms with Crippen LogP contribution in [0.4, 0.5) is 14.5 Å². The number of nitrogens with zero attached hydrogens (tertiary/aromatic N) is 1. The molecule has 1 unspecified atom stereocenters. The van der Waals surface area contributed by atoms with Crippen molar-refractivity contribution in [3.63, 3.8) is 0 Å².